The smallest absolute Gasteiger partial charge is 0.331 e. The summed E-state index contributed by atoms with van der Waals surface area (Å²) >= 11 is 11.3. The first kappa shape index (κ1) is 42.7. The van der Waals surface area contributed by atoms with Crippen LogP contribution in [0.15, 0.2) is 34.9 Å². The van der Waals surface area contributed by atoms with Gasteiger partial charge in [0, 0.05) is 12.5 Å². The maximum absolute atomic E-state index is 12.9. The van der Waals surface area contributed by atoms with Gasteiger partial charge in [-0.1, -0.05) is 39.3 Å². The minimum absolute atomic E-state index is 0.0751. The summed E-state index contributed by atoms with van der Waals surface area (Å²) in [5, 5.41) is 22.8. The van der Waals surface area contributed by atoms with Crippen molar-refractivity contribution in [1.82, 2.24) is 0 Å². The van der Waals surface area contributed by atoms with E-state index in [1.807, 2.05) is 19.9 Å². The molecular formula is C41H58Cl2O11. The Morgan fingerprint density at radius 1 is 0.981 bits per heavy atom. The van der Waals surface area contributed by atoms with Crippen LogP contribution in [0.4, 0.5) is 0 Å². The molecule has 0 aromatic heterocycles. The van der Waals surface area contributed by atoms with Crippen LogP contribution in [-0.2, 0) is 42.9 Å². The first-order valence-corrected chi connectivity index (χ1v) is 20.4. The number of carboxylic acids is 1. The second-order valence-corrected chi connectivity index (χ2v) is 17.6. The second kappa shape index (κ2) is 17.0. The standard InChI is InChI=1S/C41H58Cl2O11/c1-22(2)9-8-10-25(38(48)49)36-27-17-28(45)37-39(5)15-14-29(23(3)26(39)13-16-40(37,6)41(27,7)18-31(36)51-24(4)44)53-35-12-11-30(52-34(47)20-43)32(54-35)21-50-33(46)19-42/h9,11-12,23,26-32,35,37,45H,8,10,13-21H2,1-7H3,(H,48,49)/b36-25+/t23-,26-,27-,28+,29+,30-,31-,32+,35?,37?,39-,40-,41-/m0/s1. The molecule has 13 heteroatoms. The van der Waals surface area contributed by atoms with E-state index in [9.17, 15) is 29.4 Å². The molecule has 4 saturated carbocycles. The maximum atomic E-state index is 12.9. The highest BCUT2D eigenvalue weighted by Gasteiger charge is 2.71. The summed E-state index contributed by atoms with van der Waals surface area (Å²) in [5.74, 6) is -3.36. The number of aliphatic hydroxyl groups excluding tert-OH is 1. The van der Waals surface area contributed by atoms with Gasteiger partial charge in [-0.3, -0.25) is 14.4 Å². The van der Waals surface area contributed by atoms with Gasteiger partial charge in [0.1, 0.15) is 36.7 Å². The zero-order valence-corrected chi connectivity index (χ0v) is 34.1. The molecule has 13 atom stereocenters. The largest absolute Gasteiger partial charge is 0.478 e. The molecule has 0 spiro atoms. The van der Waals surface area contributed by atoms with E-state index in [0.717, 1.165) is 24.8 Å². The van der Waals surface area contributed by atoms with E-state index in [2.05, 4.69) is 27.7 Å². The van der Waals surface area contributed by atoms with Gasteiger partial charge in [0.25, 0.3) is 0 Å². The van der Waals surface area contributed by atoms with Crippen LogP contribution in [0.2, 0.25) is 0 Å². The van der Waals surface area contributed by atoms with Crippen LogP contribution in [0, 0.1) is 39.9 Å². The van der Waals surface area contributed by atoms with Crippen molar-refractivity contribution in [2.75, 3.05) is 18.4 Å². The third kappa shape index (κ3) is 8.18. The van der Waals surface area contributed by atoms with E-state index in [4.69, 9.17) is 46.9 Å². The Hall–Kier alpha value is -2.44. The van der Waals surface area contributed by atoms with E-state index in [1.165, 1.54) is 6.92 Å². The number of halogens is 2. The van der Waals surface area contributed by atoms with Gasteiger partial charge in [-0.05, 0) is 123 Å². The van der Waals surface area contributed by atoms with E-state index < -0.39 is 60.0 Å². The van der Waals surface area contributed by atoms with E-state index in [0.29, 0.717) is 43.3 Å². The number of esters is 3. The summed E-state index contributed by atoms with van der Waals surface area (Å²) in [6.45, 7) is 14.2. The number of fused-ring (bicyclic) bond motifs is 5. The van der Waals surface area contributed by atoms with Crippen LogP contribution in [-0.4, -0.2) is 89.3 Å². The Balaban J connectivity index is 1.39. The van der Waals surface area contributed by atoms with E-state index >= 15 is 0 Å². The number of aliphatic hydroxyl groups is 1. The molecular weight excluding hydrogens is 739 g/mol. The molecule has 54 heavy (non-hydrogen) atoms. The fourth-order valence-electron chi connectivity index (χ4n) is 11.5. The summed E-state index contributed by atoms with van der Waals surface area (Å²) in [5.41, 5.74) is 1.06. The highest BCUT2D eigenvalue weighted by Crippen LogP contribution is 2.74. The molecule has 11 nitrogen and oxygen atoms in total. The lowest BCUT2D eigenvalue weighted by molar-refractivity contribution is -0.257. The first-order valence-electron chi connectivity index (χ1n) is 19.3. The van der Waals surface area contributed by atoms with Crippen molar-refractivity contribution < 1.29 is 53.1 Å². The van der Waals surface area contributed by atoms with Crippen molar-refractivity contribution in [3.63, 3.8) is 0 Å². The minimum atomic E-state index is -0.996. The number of hydrogen-bond donors (Lipinski definition) is 2. The second-order valence-electron chi connectivity index (χ2n) is 17.1. The van der Waals surface area contributed by atoms with E-state index in [-0.39, 0.29) is 59.0 Å². The summed E-state index contributed by atoms with van der Waals surface area (Å²) in [6.07, 6.45) is 6.51. The summed E-state index contributed by atoms with van der Waals surface area (Å²) in [6, 6.07) is 0. The highest BCUT2D eigenvalue weighted by atomic mass is 35.5. The van der Waals surface area contributed by atoms with Crippen molar-refractivity contribution in [3.8, 4) is 0 Å². The number of alkyl halides is 2. The lowest BCUT2D eigenvalue weighted by atomic mass is 9.36. The summed E-state index contributed by atoms with van der Waals surface area (Å²) in [7, 11) is 0. The van der Waals surface area contributed by atoms with Gasteiger partial charge in [-0.2, -0.15) is 0 Å². The Bertz CT molecular complexity index is 1540. The van der Waals surface area contributed by atoms with Crippen molar-refractivity contribution >= 4 is 47.1 Å². The van der Waals surface area contributed by atoms with E-state index in [1.54, 1.807) is 12.2 Å². The monoisotopic (exact) mass is 796 g/mol. The molecule has 0 bridgehead atoms. The minimum Gasteiger partial charge on any atom is -0.478 e. The third-order valence-electron chi connectivity index (χ3n) is 13.9. The summed E-state index contributed by atoms with van der Waals surface area (Å²) in [4.78, 5) is 49.1. The van der Waals surface area contributed by atoms with Crippen LogP contribution >= 0.6 is 23.2 Å². The van der Waals surface area contributed by atoms with Gasteiger partial charge in [-0.25, -0.2) is 4.79 Å². The molecule has 5 aliphatic rings. The van der Waals surface area contributed by atoms with Crippen LogP contribution in [0.1, 0.15) is 99.8 Å². The van der Waals surface area contributed by atoms with Crippen molar-refractivity contribution in [2.45, 2.75) is 137 Å². The topological polar surface area (TPSA) is 155 Å². The average molecular weight is 798 g/mol. The quantitative estimate of drug-likeness (QED) is 0.0697. The molecule has 4 aliphatic carbocycles. The Kier molecular flexibility index (Phi) is 13.4. The number of ether oxygens (including phenoxy) is 5. The maximum Gasteiger partial charge on any atom is 0.331 e. The third-order valence-corrected chi connectivity index (χ3v) is 14.3. The Labute approximate surface area is 329 Å². The van der Waals surface area contributed by atoms with Crippen LogP contribution in [0.3, 0.4) is 0 Å². The molecule has 1 heterocycles. The molecule has 0 aromatic rings. The average Bonchev–Trinajstić information content (AvgIpc) is 3.37. The van der Waals surface area contributed by atoms with Crippen molar-refractivity contribution in [1.29, 1.82) is 0 Å². The number of rotatable bonds is 12. The molecule has 0 radical (unpaired) electrons. The molecule has 0 saturated heterocycles. The number of aliphatic carboxylic acids is 1. The number of carbonyl (C=O) groups is 4. The molecule has 4 fully saturated rings. The van der Waals surface area contributed by atoms with Crippen LogP contribution < -0.4 is 0 Å². The Morgan fingerprint density at radius 3 is 2.31 bits per heavy atom. The molecule has 0 aromatic carbocycles. The fourth-order valence-corrected chi connectivity index (χ4v) is 11.6. The summed E-state index contributed by atoms with van der Waals surface area (Å²) < 4.78 is 29.4. The van der Waals surface area contributed by atoms with Gasteiger partial charge in [0.05, 0.1) is 12.2 Å². The van der Waals surface area contributed by atoms with Crippen molar-refractivity contribution in [3.05, 3.63) is 34.9 Å². The predicted octanol–water partition coefficient (Wildman–Crippen LogP) is 6.90. The molecule has 5 rings (SSSR count). The molecule has 302 valence electrons. The normalized spacial score (nSPS) is 40.7. The zero-order chi connectivity index (χ0) is 39.7. The Morgan fingerprint density at radius 2 is 1.69 bits per heavy atom. The number of allylic oxidation sites excluding steroid dienone is 2. The SMILES string of the molecule is CC(=O)O[C@H]1C[C@@]2(C)[C@@H](C[C@@H](O)C3[C@]2(C)CC[C@H]2[C@H](C)[C@H](OC4C=C[C@H](OC(=O)CCl)[C@@H](COC(=O)CCl)O4)CC[C@]32C)/C1=C(/CCC=C(C)C)C(=O)O. The van der Waals surface area contributed by atoms with Gasteiger partial charge in [-0.15, -0.1) is 23.2 Å². The lowest BCUT2D eigenvalue weighted by Crippen LogP contribution is -2.65. The number of carbonyl (C=O) groups excluding carboxylic acids is 3. The van der Waals surface area contributed by atoms with Crippen LogP contribution in [0.5, 0.6) is 0 Å². The molecule has 0 amide bonds. The molecule has 2 N–H and O–H groups in total. The first-order chi connectivity index (χ1) is 25.4. The lowest BCUT2D eigenvalue weighted by Gasteiger charge is -2.69. The predicted molar refractivity (Wildman–Crippen MR) is 201 cm³/mol. The number of hydrogen-bond acceptors (Lipinski definition) is 10. The van der Waals surface area contributed by atoms with Gasteiger partial charge in [0.15, 0.2) is 6.29 Å². The van der Waals surface area contributed by atoms with Gasteiger partial charge in [0.2, 0.25) is 0 Å². The van der Waals surface area contributed by atoms with Crippen molar-refractivity contribution in [2.24, 2.45) is 39.9 Å². The fraction of sp³-hybridized carbons (Fsp3) is 0.756. The number of carboxylic acid groups (broad SMARTS) is 1. The van der Waals surface area contributed by atoms with Gasteiger partial charge < -0.3 is 33.9 Å². The highest BCUT2D eigenvalue weighted by molar-refractivity contribution is 6.26. The zero-order valence-electron chi connectivity index (χ0n) is 32.6. The van der Waals surface area contributed by atoms with Crippen LogP contribution in [0.25, 0.3) is 0 Å². The van der Waals surface area contributed by atoms with Gasteiger partial charge >= 0.3 is 23.9 Å². The molecule has 2 unspecified atom stereocenters. The molecule has 1 aliphatic heterocycles.